The van der Waals surface area contributed by atoms with Crippen molar-refractivity contribution >= 4 is 22.9 Å². The number of hydrogen-bond donors (Lipinski definition) is 1. The Labute approximate surface area is 151 Å². The summed E-state index contributed by atoms with van der Waals surface area (Å²) in [6.07, 6.45) is 7.89. The molecule has 2 aromatic rings. The lowest BCUT2D eigenvalue weighted by molar-refractivity contribution is 0.0158. The first-order chi connectivity index (χ1) is 12.1. The molecule has 0 spiro atoms. The highest BCUT2D eigenvalue weighted by Gasteiger charge is 2.29. The van der Waals surface area contributed by atoms with Crippen LogP contribution in [0.5, 0.6) is 0 Å². The van der Waals surface area contributed by atoms with E-state index in [-0.39, 0.29) is 6.04 Å². The minimum absolute atomic E-state index is 0.00819. The molecule has 1 saturated heterocycles. The molecule has 0 amide bonds. The number of piperidine rings is 1. The molecule has 1 unspecified atom stereocenters. The molecular weight excluding hydrogens is 343 g/mol. The average Bonchev–Trinajstić information content (AvgIpc) is 3.24. The fraction of sp³-hybridized carbons (Fsp3) is 0.471. The normalized spacial score (nSPS) is 20.8. The van der Waals surface area contributed by atoms with Gasteiger partial charge in [-0.2, -0.15) is 5.12 Å². The van der Waals surface area contributed by atoms with Crippen molar-refractivity contribution in [2.75, 3.05) is 24.5 Å². The van der Waals surface area contributed by atoms with Crippen LogP contribution in [0.15, 0.2) is 30.9 Å². The third-order valence-electron chi connectivity index (χ3n) is 5.07. The van der Waals surface area contributed by atoms with Crippen molar-refractivity contribution in [3.8, 4) is 0 Å². The van der Waals surface area contributed by atoms with Gasteiger partial charge in [0.15, 0.2) is 0 Å². The van der Waals surface area contributed by atoms with Gasteiger partial charge in [-0.1, -0.05) is 11.6 Å². The number of pyridine rings is 1. The van der Waals surface area contributed by atoms with E-state index in [0.29, 0.717) is 37.5 Å². The topological polar surface area (TPSA) is 53.0 Å². The molecule has 4 heterocycles. The van der Waals surface area contributed by atoms with E-state index in [4.69, 9.17) is 17.4 Å². The molecule has 0 aromatic carbocycles. The van der Waals surface area contributed by atoms with Gasteiger partial charge in [-0.15, -0.1) is 0 Å². The maximum Gasteiger partial charge on any atom is 0.119 e. The molecule has 2 aliphatic rings. The number of imidazole rings is 1. The predicted octanol–water partition coefficient (Wildman–Crippen LogP) is 2.91. The number of halogens is 2. The maximum absolute atomic E-state index is 13.6. The first kappa shape index (κ1) is 16.6. The molecule has 1 fully saturated rings. The summed E-state index contributed by atoms with van der Waals surface area (Å²) < 4.78 is 15.6. The molecule has 0 aliphatic carbocycles. The summed E-state index contributed by atoms with van der Waals surface area (Å²) in [5.41, 5.74) is 1.91. The van der Waals surface area contributed by atoms with E-state index < -0.39 is 6.17 Å². The van der Waals surface area contributed by atoms with E-state index in [9.17, 15) is 4.39 Å². The zero-order valence-corrected chi connectivity index (χ0v) is 14.9. The molecule has 2 N–H and O–H groups in total. The lowest BCUT2D eigenvalue weighted by Crippen LogP contribution is -2.43. The summed E-state index contributed by atoms with van der Waals surface area (Å²) in [5, 5.41) is 4.31. The fourth-order valence-electron chi connectivity index (χ4n) is 3.69. The SMILES string of the molecule is CC(c1cc(Cl)c2cncn2c1N1CCC(F)CC1)N1C=CCN1N. The van der Waals surface area contributed by atoms with E-state index in [1.807, 2.05) is 27.8 Å². The number of hydrogen-bond acceptors (Lipinski definition) is 5. The van der Waals surface area contributed by atoms with Crippen LogP contribution >= 0.6 is 11.6 Å². The molecule has 134 valence electrons. The second kappa shape index (κ2) is 6.48. The summed E-state index contributed by atoms with van der Waals surface area (Å²) in [5.74, 6) is 7.09. The van der Waals surface area contributed by atoms with Gasteiger partial charge in [0.25, 0.3) is 0 Å². The highest BCUT2D eigenvalue weighted by Crippen LogP contribution is 2.37. The Morgan fingerprint density at radius 1 is 1.36 bits per heavy atom. The van der Waals surface area contributed by atoms with Gasteiger partial charge in [-0.25, -0.2) is 9.37 Å². The van der Waals surface area contributed by atoms with Crippen molar-refractivity contribution in [3.63, 3.8) is 0 Å². The van der Waals surface area contributed by atoms with Gasteiger partial charge in [0, 0.05) is 24.9 Å². The average molecular weight is 365 g/mol. The number of alkyl halides is 1. The van der Waals surface area contributed by atoms with Crippen molar-refractivity contribution in [2.45, 2.75) is 32.0 Å². The van der Waals surface area contributed by atoms with Crippen LogP contribution in [-0.4, -0.2) is 45.3 Å². The van der Waals surface area contributed by atoms with Gasteiger partial charge < -0.3 is 4.90 Å². The molecule has 2 aromatic heterocycles. The molecule has 2 aliphatic heterocycles. The van der Waals surface area contributed by atoms with Gasteiger partial charge in [0.2, 0.25) is 0 Å². The lowest BCUT2D eigenvalue weighted by atomic mass is 10.0. The van der Waals surface area contributed by atoms with Crippen LogP contribution in [0.2, 0.25) is 5.02 Å². The van der Waals surface area contributed by atoms with E-state index in [1.165, 1.54) is 0 Å². The van der Waals surface area contributed by atoms with Crippen LogP contribution in [0.4, 0.5) is 10.2 Å². The minimum atomic E-state index is -0.719. The first-order valence-electron chi connectivity index (χ1n) is 8.57. The van der Waals surface area contributed by atoms with Gasteiger partial charge in [-0.3, -0.25) is 15.3 Å². The molecule has 1 atom stereocenters. The Morgan fingerprint density at radius 3 is 2.80 bits per heavy atom. The highest BCUT2D eigenvalue weighted by molar-refractivity contribution is 6.34. The monoisotopic (exact) mass is 364 g/mol. The van der Waals surface area contributed by atoms with Gasteiger partial charge in [0.05, 0.1) is 29.3 Å². The quantitative estimate of drug-likeness (QED) is 0.849. The van der Waals surface area contributed by atoms with E-state index in [1.54, 1.807) is 17.6 Å². The summed E-state index contributed by atoms with van der Waals surface area (Å²) >= 11 is 6.50. The van der Waals surface area contributed by atoms with Crippen molar-refractivity contribution in [1.29, 1.82) is 0 Å². The predicted molar refractivity (Wildman–Crippen MR) is 96.8 cm³/mol. The molecule has 6 nitrogen and oxygen atoms in total. The number of hydrazine groups is 2. The lowest BCUT2D eigenvalue weighted by Gasteiger charge is -2.37. The molecule has 0 saturated carbocycles. The van der Waals surface area contributed by atoms with Crippen LogP contribution in [0.3, 0.4) is 0 Å². The van der Waals surface area contributed by atoms with Crippen molar-refractivity contribution in [3.05, 3.63) is 41.5 Å². The van der Waals surface area contributed by atoms with Crippen LogP contribution in [0, 0.1) is 0 Å². The van der Waals surface area contributed by atoms with E-state index in [2.05, 4.69) is 16.8 Å². The largest absolute Gasteiger partial charge is 0.357 e. The van der Waals surface area contributed by atoms with Crippen LogP contribution < -0.4 is 10.7 Å². The van der Waals surface area contributed by atoms with Crippen LogP contribution in [0.25, 0.3) is 5.52 Å². The Bertz CT molecular complexity index is 798. The second-order valence-corrected chi connectivity index (χ2v) is 7.05. The number of rotatable bonds is 3. The Hall–Kier alpha value is -1.83. The first-order valence-corrected chi connectivity index (χ1v) is 8.94. The number of anilines is 1. The van der Waals surface area contributed by atoms with Gasteiger partial charge >= 0.3 is 0 Å². The third kappa shape index (κ3) is 2.86. The van der Waals surface area contributed by atoms with E-state index in [0.717, 1.165) is 16.9 Å². The molecule has 25 heavy (non-hydrogen) atoms. The zero-order valence-electron chi connectivity index (χ0n) is 14.1. The Kier molecular flexibility index (Phi) is 4.31. The standard InChI is InChI=1S/C17H22ClFN6/c1-12(24-5-2-6-25(24)20)14-9-15(18)16-10-21-11-23(16)17(14)22-7-3-13(19)4-8-22/h2,5,9-13H,3-4,6-8,20H2,1H3. The molecule has 8 heteroatoms. The molecular formula is C17H22ClFN6. The molecule has 0 radical (unpaired) electrons. The second-order valence-electron chi connectivity index (χ2n) is 6.64. The number of fused-ring (bicyclic) bond motifs is 1. The summed E-state index contributed by atoms with van der Waals surface area (Å²) in [7, 11) is 0. The van der Waals surface area contributed by atoms with Crippen molar-refractivity contribution < 1.29 is 4.39 Å². The summed E-state index contributed by atoms with van der Waals surface area (Å²) in [6, 6.07) is 1.98. The number of nitrogens with two attached hydrogens (primary N) is 1. The van der Waals surface area contributed by atoms with Crippen molar-refractivity contribution in [1.82, 2.24) is 19.5 Å². The highest BCUT2D eigenvalue weighted by atomic mass is 35.5. The van der Waals surface area contributed by atoms with Crippen LogP contribution in [0.1, 0.15) is 31.4 Å². The summed E-state index contributed by atoms with van der Waals surface area (Å²) in [4.78, 5) is 6.49. The van der Waals surface area contributed by atoms with Crippen LogP contribution in [-0.2, 0) is 0 Å². The Morgan fingerprint density at radius 2 is 2.12 bits per heavy atom. The maximum atomic E-state index is 13.6. The smallest absolute Gasteiger partial charge is 0.119 e. The number of aromatic nitrogens is 2. The minimum Gasteiger partial charge on any atom is -0.357 e. The van der Waals surface area contributed by atoms with Gasteiger partial charge in [0.1, 0.15) is 18.3 Å². The Balaban J connectivity index is 1.82. The van der Waals surface area contributed by atoms with Crippen molar-refractivity contribution in [2.24, 2.45) is 5.84 Å². The number of nitrogens with zero attached hydrogens (tertiary/aromatic N) is 5. The fourth-order valence-corrected chi connectivity index (χ4v) is 3.95. The molecule has 0 bridgehead atoms. The molecule has 4 rings (SSSR count). The zero-order chi connectivity index (χ0) is 17.6. The third-order valence-corrected chi connectivity index (χ3v) is 5.37. The van der Waals surface area contributed by atoms with E-state index >= 15 is 0 Å². The van der Waals surface area contributed by atoms with Gasteiger partial charge in [-0.05, 0) is 31.9 Å². The summed E-state index contributed by atoms with van der Waals surface area (Å²) in [6.45, 7) is 4.12.